The summed E-state index contributed by atoms with van der Waals surface area (Å²) in [6.45, 7) is 2.85. The smallest absolute Gasteiger partial charge is 0.336 e. The quantitative estimate of drug-likeness (QED) is 0.574. The molecule has 0 saturated carbocycles. The number of carbonyl (C=O) groups excluding carboxylic acids is 1. The van der Waals surface area contributed by atoms with Crippen LogP contribution in [0, 0.1) is 0 Å². The van der Waals surface area contributed by atoms with E-state index in [-0.39, 0.29) is 11.6 Å². The van der Waals surface area contributed by atoms with Crippen molar-refractivity contribution in [1.82, 2.24) is 15.1 Å². The van der Waals surface area contributed by atoms with Gasteiger partial charge in [0, 0.05) is 6.54 Å². The summed E-state index contributed by atoms with van der Waals surface area (Å²) in [6.07, 6.45) is 12.6. The molecule has 0 unspecified atom stereocenters. The van der Waals surface area contributed by atoms with E-state index in [9.17, 15) is 9.59 Å². The van der Waals surface area contributed by atoms with Gasteiger partial charge in [-0.25, -0.2) is 4.79 Å². The fourth-order valence-corrected chi connectivity index (χ4v) is 3.09. The van der Waals surface area contributed by atoms with Gasteiger partial charge in [-0.05, 0) is 18.6 Å². The van der Waals surface area contributed by atoms with Gasteiger partial charge in [0.1, 0.15) is 0 Å². The Morgan fingerprint density at radius 1 is 0.960 bits per heavy atom. The highest BCUT2D eigenvalue weighted by Gasteiger charge is 2.11. The van der Waals surface area contributed by atoms with Gasteiger partial charge in [-0.3, -0.25) is 9.89 Å². The summed E-state index contributed by atoms with van der Waals surface area (Å²) < 4.78 is 1.06. The van der Waals surface area contributed by atoms with Crippen molar-refractivity contribution in [3.8, 4) is 0 Å². The summed E-state index contributed by atoms with van der Waals surface area (Å²) in [4.78, 5) is 24.3. The molecular weight excluding hydrogens is 314 g/mol. The number of carbonyl (C=O) groups is 1. The zero-order chi connectivity index (χ0) is 17.9. The fraction of sp³-hybridized carbons (Fsp3) is 0.600. The molecule has 2 N–H and O–H groups in total. The van der Waals surface area contributed by atoms with Crippen molar-refractivity contribution in [2.45, 2.75) is 71.1 Å². The van der Waals surface area contributed by atoms with Gasteiger partial charge in [0.25, 0.3) is 5.56 Å². The summed E-state index contributed by atoms with van der Waals surface area (Å²) >= 11 is 0. The number of aromatic nitrogens is 2. The van der Waals surface area contributed by atoms with Gasteiger partial charge in [0.2, 0.25) is 0 Å². The zero-order valence-electron chi connectivity index (χ0n) is 15.4. The van der Waals surface area contributed by atoms with Crippen LogP contribution in [0.4, 0.5) is 4.79 Å². The van der Waals surface area contributed by atoms with Crippen LogP contribution >= 0.6 is 0 Å². The summed E-state index contributed by atoms with van der Waals surface area (Å²) in [6, 6.07) is 6.77. The van der Waals surface area contributed by atoms with E-state index in [2.05, 4.69) is 17.3 Å². The van der Waals surface area contributed by atoms with Gasteiger partial charge in [-0.1, -0.05) is 76.8 Å². The second-order valence-electron chi connectivity index (χ2n) is 6.71. The number of unbranched alkanes of at least 4 members (excludes halogenated alkanes) is 9. The molecule has 0 radical (unpaired) electrons. The lowest BCUT2D eigenvalue weighted by Gasteiger charge is -2.05. The van der Waals surface area contributed by atoms with Crippen LogP contribution in [0.2, 0.25) is 0 Å². The lowest BCUT2D eigenvalue weighted by Crippen LogP contribution is -2.35. The molecule has 0 fully saturated rings. The van der Waals surface area contributed by atoms with E-state index in [1.54, 1.807) is 18.2 Å². The maximum atomic E-state index is 12.1. The predicted octanol–water partition coefficient (Wildman–Crippen LogP) is 4.81. The van der Waals surface area contributed by atoms with Gasteiger partial charge in [0.15, 0.2) is 0 Å². The fourth-order valence-electron chi connectivity index (χ4n) is 3.09. The first-order valence-corrected chi connectivity index (χ1v) is 9.72. The Hall–Kier alpha value is -2.04. The third-order valence-electron chi connectivity index (χ3n) is 4.60. The van der Waals surface area contributed by atoms with Crippen LogP contribution in [0.3, 0.4) is 0 Å². The minimum atomic E-state index is -0.378. The number of hydrogen-bond acceptors (Lipinski definition) is 2. The number of benzene rings is 1. The normalized spacial score (nSPS) is 11.1. The van der Waals surface area contributed by atoms with Crippen molar-refractivity contribution in [1.29, 1.82) is 0 Å². The molecule has 5 nitrogen and oxygen atoms in total. The van der Waals surface area contributed by atoms with E-state index in [1.165, 1.54) is 51.4 Å². The van der Waals surface area contributed by atoms with Crippen molar-refractivity contribution in [3.63, 3.8) is 0 Å². The number of fused-ring (bicyclic) bond motifs is 1. The van der Waals surface area contributed by atoms with Crippen LogP contribution in [0.25, 0.3) is 10.9 Å². The van der Waals surface area contributed by atoms with Crippen molar-refractivity contribution in [2.24, 2.45) is 0 Å². The minimum Gasteiger partial charge on any atom is -0.336 e. The molecule has 1 aromatic heterocycles. The number of hydrogen-bond donors (Lipinski definition) is 2. The first-order chi connectivity index (χ1) is 12.2. The average molecular weight is 345 g/mol. The minimum absolute atomic E-state index is 0.295. The monoisotopic (exact) mass is 345 g/mol. The number of H-pyrrole nitrogens is 1. The highest BCUT2D eigenvalue weighted by Crippen LogP contribution is 2.10. The van der Waals surface area contributed by atoms with E-state index < -0.39 is 0 Å². The first-order valence-electron chi connectivity index (χ1n) is 9.72. The lowest BCUT2D eigenvalue weighted by molar-refractivity contribution is 0.239. The molecule has 25 heavy (non-hydrogen) atoms. The third kappa shape index (κ3) is 6.07. The Morgan fingerprint density at radius 3 is 2.20 bits per heavy atom. The molecule has 1 aromatic carbocycles. The van der Waals surface area contributed by atoms with E-state index in [0.717, 1.165) is 17.5 Å². The van der Waals surface area contributed by atoms with Gasteiger partial charge >= 0.3 is 6.03 Å². The molecule has 1 amide bonds. The largest absolute Gasteiger partial charge is 0.343 e. The topological polar surface area (TPSA) is 66.9 Å². The molecule has 0 aliphatic rings. The second kappa shape index (κ2) is 10.7. The molecule has 0 atom stereocenters. The molecule has 138 valence electrons. The molecule has 5 heteroatoms. The van der Waals surface area contributed by atoms with Crippen LogP contribution in [-0.2, 0) is 0 Å². The van der Waals surface area contributed by atoms with E-state index >= 15 is 0 Å². The summed E-state index contributed by atoms with van der Waals surface area (Å²) in [5, 5.41) is 6.20. The maximum absolute atomic E-state index is 12.1. The number of nitrogens with one attached hydrogen (secondary N) is 2. The Balaban J connectivity index is 1.58. The first kappa shape index (κ1) is 19.3. The van der Waals surface area contributed by atoms with Crippen LogP contribution in [0.1, 0.15) is 71.1 Å². The standard InChI is InChI=1S/C20H31N3O2/c1-2-3-4-5-6-7-8-9-10-13-16-21-20(25)23-19(24)17-14-11-12-15-18(17)22-23/h11-12,14-15,22H,2-10,13,16H2,1H3,(H,21,25). The van der Waals surface area contributed by atoms with Gasteiger partial charge in [0.05, 0.1) is 10.9 Å². The molecule has 0 aliphatic heterocycles. The number of rotatable bonds is 11. The Labute approximate surface area is 149 Å². The van der Waals surface area contributed by atoms with Crippen LogP contribution in [0.5, 0.6) is 0 Å². The highest BCUT2D eigenvalue weighted by atomic mass is 16.2. The summed E-state index contributed by atoms with van der Waals surface area (Å²) in [5.74, 6) is 0. The Bertz CT molecular complexity index is 702. The van der Waals surface area contributed by atoms with Crippen LogP contribution in [-0.4, -0.2) is 22.4 Å². The van der Waals surface area contributed by atoms with Crippen molar-refractivity contribution >= 4 is 16.9 Å². The van der Waals surface area contributed by atoms with E-state index in [0.29, 0.717) is 17.4 Å². The van der Waals surface area contributed by atoms with Crippen LogP contribution in [0.15, 0.2) is 29.1 Å². The molecule has 0 saturated heterocycles. The van der Waals surface area contributed by atoms with E-state index in [4.69, 9.17) is 0 Å². The summed E-state index contributed by atoms with van der Waals surface area (Å²) in [5.41, 5.74) is 0.387. The second-order valence-corrected chi connectivity index (χ2v) is 6.71. The SMILES string of the molecule is CCCCCCCCCCCCNC(=O)n1[nH]c2ccccc2c1=O. The average Bonchev–Trinajstić information content (AvgIpc) is 2.97. The maximum Gasteiger partial charge on any atom is 0.343 e. The van der Waals surface area contributed by atoms with E-state index in [1.807, 2.05) is 6.07 Å². The Morgan fingerprint density at radius 2 is 1.56 bits per heavy atom. The van der Waals surface area contributed by atoms with Gasteiger partial charge in [-0.15, -0.1) is 0 Å². The highest BCUT2D eigenvalue weighted by molar-refractivity contribution is 5.84. The number of nitrogens with zero attached hydrogens (tertiary/aromatic N) is 1. The number of para-hydroxylation sites is 1. The third-order valence-corrected chi connectivity index (χ3v) is 4.60. The molecular formula is C20H31N3O2. The Kier molecular flexibility index (Phi) is 8.29. The van der Waals surface area contributed by atoms with Crippen molar-refractivity contribution < 1.29 is 4.79 Å². The molecule has 2 rings (SSSR count). The van der Waals surface area contributed by atoms with Crippen molar-refractivity contribution in [2.75, 3.05) is 6.54 Å². The van der Waals surface area contributed by atoms with Crippen molar-refractivity contribution in [3.05, 3.63) is 34.6 Å². The molecule has 0 spiro atoms. The predicted molar refractivity (Wildman–Crippen MR) is 103 cm³/mol. The molecule has 0 aliphatic carbocycles. The number of amides is 1. The number of aromatic amines is 1. The molecule has 2 aromatic rings. The molecule has 0 bridgehead atoms. The van der Waals surface area contributed by atoms with Gasteiger partial charge < -0.3 is 5.32 Å². The lowest BCUT2D eigenvalue weighted by atomic mass is 10.1. The molecule has 1 heterocycles. The van der Waals surface area contributed by atoms with Gasteiger partial charge in [-0.2, -0.15) is 4.68 Å². The summed E-state index contributed by atoms with van der Waals surface area (Å²) in [7, 11) is 0. The van der Waals surface area contributed by atoms with Crippen LogP contribution < -0.4 is 10.9 Å². The zero-order valence-corrected chi connectivity index (χ0v) is 15.4.